The molecule has 1 unspecified atom stereocenters. The first-order valence-corrected chi connectivity index (χ1v) is 4.82. The molecule has 0 saturated heterocycles. The summed E-state index contributed by atoms with van der Waals surface area (Å²) in [6.45, 7) is 6.03. The van der Waals surface area contributed by atoms with Crippen molar-refractivity contribution in [3.63, 3.8) is 0 Å². The zero-order valence-corrected chi connectivity index (χ0v) is 9.62. The summed E-state index contributed by atoms with van der Waals surface area (Å²) in [7, 11) is 3.55. The van der Waals surface area contributed by atoms with E-state index in [4.69, 9.17) is 5.26 Å². The first-order chi connectivity index (χ1) is 6.76. The van der Waals surface area contributed by atoms with E-state index in [1.54, 1.807) is 14.1 Å². The molecular formula is C11H18N2O2. The summed E-state index contributed by atoms with van der Waals surface area (Å²) in [5.41, 5.74) is 0.940. The molecule has 0 aromatic rings. The van der Waals surface area contributed by atoms with Crippen molar-refractivity contribution < 1.29 is 14.4 Å². The van der Waals surface area contributed by atoms with Crippen LogP contribution in [0.5, 0.6) is 0 Å². The molecule has 0 aliphatic rings. The van der Waals surface area contributed by atoms with Crippen LogP contribution in [0.3, 0.4) is 0 Å². The highest BCUT2D eigenvalue weighted by Gasteiger charge is 2.22. The van der Waals surface area contributed by atoms with Gasteiger partial charge in [-0.25, -0.2) is 0 Å². The average Bonchev–Trinajstić information content (AvgIpc) is 1.98. The minimum atomic E-state index is -1.09. The normalized spacial score (nSPS) is 12.9. The molecule has 15 heavy (non-hydrogen) atoms. The SMILES string of the molecule is C=C(C)CC(C#N)C[N+](C)(C)CC(=O)[O-]. The molecule has 1 atom stereocenters. The lowest BCUT2D eigenvalue weighted by molar-refractivity contribution is -0.887. The summed E-state index contributed by atoms with van der Waals surface area (Å²) in [5.74, 6) is -1.27. The van der Waals surface area contributed by atoms with Crippen molar-refractivity contribution in [2.45, 2.75) is 13.3 Å². The minimum Gasteiger partial charge on any atom is -0.544 e. The van der Waals surface area contributed by atoms with E-state index in [2.05, 4.69) is 12.6 Å². The van der Waals surface area contributed by atoms with Crippen LogP contribution in [0.25, 0.3) is 0 Å². The third-order valence-corrected chi connectivity index (χ3v) is 2.05. The van der Waals surface area contributed by atoms with Crippen LogP contribution in [0.4, 0.5) is 0 Å². The van der Waals surface area contributed by atoms with Crippen LogP contribution in [-0.2, 0) is 4.79 Å². The Bertz CT molecular complexity index is 289. The molecule has 0 N–H and O–H groups in total. The van der Waals surface area contributed by atoms with E-state index < -0.39 is 5.97 Å². The smallest absolute Gasteiger partial charge is 0.119 e. The fourth-order valence-electron chi connectivity index (χ4n) is 1.58. The fraction of sp³-hybridized carbons (Fsp3) is 0.636. The molecule has 0 amide bonds. The van der Waals surface area contributed by atoms with E-state index in [-0.39, 0.29) is 16.9 Å². The number of carbonyl (C=O) groups is 1. The van der Waals surface area contributed by atoms with Crippen molar-refractivity contribution in [3.05, 3.63) is 12.2 Å². The van der Waals surface area contributed by atoms with Crippen LogP contribution in [0.2, 0.25) is 0 Å². The molecule has 0 spiro atoms. The van der Waals surface area contributed by atoms with Gasteiger partial charge in [-0.1, -0.05) is 5.57 Å². The average molecular weight is 210 g/mol. The van der Waals surface area contributed by atoms with E-state index in [1.165, 1.54) is 0 Å². The molecule has 0 aromatic carbocycles. The third kappa shape index (κ3) is 6.69. The summed E-state index contributed by atoms with van der Waals surface area (Å²) >= 11 is 0. The van der Waals surface area contributed by atoms with Crippen LogP contribution in [0, 0.1) is 17.2 Å². The van der Waals surface area contributed by atoms with E-state index in [0.717, 1.165) is 5.57 Å². The highest BCUT2D eigenvalue weighted by Crippen LogP contribution is 2.13. The van der Waals surface area contributed by atoms with Crippen LogP contribution in [0.1, 0.15) is 13.3 Å². The second kappa shape index (κ2) is 5.52. The van der Waals surface area contributed by atoms with Gasteiger partial charge < -0.3 is 14.4 Å². The molecule has 0 rings (SSSR count). The van der Waals surface area contributed by atoms with Gasteiger partial charge in [-0.3, -0.25) is 0 Å². The second-order valence-electron chi connectivity index (χ2n) is 4.64. The molecule has 0 radical (unpaired) electrons. The number of likely N-dealkylation sites (N-methyl/N-ethyl adjacent to an activating group) is 1. The molecule has 0 aliphatic carbocycles. The summed E-state index contributed by atoms with van der Waals surface area (Å²) in [4.78, 5) is 10.5. The summed E-state index contributed by atoms with van der Waals surface area (Å²) in [6, 6.07) is 2.17. The predicted molar refractivity (Wildman–Crippen MR) is 55.4 cm³/mol. The number of hydrogen-bond acceptors (Lipinski definition) is 3. The number of carbonyl (C=O) groups excluding carboxylic acids is 1. The molecule has 4 heteroatoms. The first kappa shape index (κ1) is 13.7. The second-order valence-corrected chi connectivity index (χ2v) is 4.64. The third-order valence-electron chi connectivity index (χ3n) is 2.05. The quantitative estimate of drug-likeness (QED) is 0.455. The van der Waals surface area contributed by atoms with Crippen LogP contribution in [-0.4, -0.2) is 37.6 Å². The predicted octanol–water partition coefficient (Wildman–Crippen LogP) is -0.0813. The first-order valence-electron chi connectivity index (χ1n) is 4.82. The number of quaternary nitrogens is 1. The topological polar surface area (TPSA) is 63.9 Å². The molecule has 0 fully saturated rings. The van der Waals surface area contributed by atoms with Gasteiger partial charge >= 0.3 is 0 Å². The number of allylic oxidation sites excluding steroid dienone is 1. The Morgan fingerprint density at radius 1 is 1.60 bits per heavy atom. The largest absolute Gasteiger partial charge is 0.544 e. The Balaban J connectivity index is 4.34. The molecule has 0 heterocycles. The van der Waals surface area contributed by atoms with Gasteiger partial charge in [0.2, 0.25) is 0 Å². The van der Waals surface area contributed by atoms with E-state index in [1.807, 2.05) is 6.92 Å². The molecule has 84 valence electrons. The van der Waals surface area contributed by atoms with E-state index in [0.29, 0.717) is 13.0 Å². The molecule has 0 saturated carbocycles. The van der Waals surface area contributed by atoms with Gasteiger partial charge in [0, 0.05) is 0 Å². The van der Waals surface area contributed by atoms with Gasteiger partial charge in [0.15, 0.2) is 0 Å². The monoisotopic (exact) mass is 210 g/mol. The summed E-state index contributed by atoms with van der Waals surface area (Å²) in [5, 5.41) is 19.4. The van der Waals surface area contributed by atoms with Gasteiger partial charge in [-0.15, -0.1) is 6.58 Å². The van der Waals surface area contributed by atoms with Crippen molar-refractivity contribution in [1.29, 1.82) is 5.26 Å². The zero-order valence-electron chi connectivity index (χ0n) is 9.62. The van der Waals surface area contributed by atoms with Crippen molar-refractivity contribution in [3.8, 4) is 6.07 Å². The molecule has 0 aliphatic heterocycles. The number of rotatable bonds is 6. The van der Waals surface area contributed by atoms with Gasteiger partial charge in [-0.05, 0) is 13.3 Å². The molecular weight excluding hydrogens is 192 g/mol. The number of carboxylic acids is 1. The van der Waals surface area contributed by atoms with Crippen LogP contribution in [0.15, 0.2) is 12.2 Å². The number of hydrogen-bond donors (Lipinski definition) is 0. The van der Waals surface area contributed by atoms with Gasteiger partial charge in [0.25, 0.3) is 0 Å². The lowest BCUT2D eigenvalue weighted by atomic mass is 10.0. The molecule has 0 bridgehead atoms. The Kier molecular flexibility index (Phi) is 5.03. The maximum Gasteiger partial charge on any atom is 0.119 e. The standard InChI is InChI=1S/C11H18N2O2/c1-9(2)5-10(6-12)7-13(3,4)8-11(14)15/h10H,1,5,7-8H2,2-4H3. The van der Waals surface area contributed by atoms with Crippen molar-refractivity contribution >= 4 is 5.97 Å². The van der Waals surface area contributed by atoms with Gasteiger partial charge in [0.1, 0.15) is 6.54 Å². The maximum absolute atomic E-state index is 10.5. The molecule has 4 nitrogen and oxygen atoms in total. The van der Waals surface area contributed by atoms with Crippen LogP contribution < -0.4 is 5.11 Å². The number of nitrogens with zero attached hydrogens (tertiary/aromatic N) is 2. The Morgan fingerprint density at radius 3 is 2.47 bits per heavy atom. The number of carboxylic acid groups (broad SMARTS) is 1. The van der Waals surface area contributed by atoms with Gasteiger partial charge in [0.05, 0.1) is 38.6 Å². The Hall–Kier alpha value is -1.34. The number of aliphatic carboxylic acids is 1. The number of nitriles is 1. The highest BCUT2D eigenvalue weighted by atomic mass is 16.4. The van der Waals surface area contributed by atoms with E-state index in [9.17, 15) is 9.90 Å². The van der Waals surface area contributed by atoms with Crippen LogP contribution >= 0.6 is 0 Å². The van der Waals surface area contributed by atoms with Crippen molar-refractivity contribution in [1.82, 2.24) is 0 Å². The highest BCUT2D eigenvalue weighted by molar-refractivity contribution is 5.65. The van der Waals surface area contributed by atoms with Gasteiger partial charge in [-0.2, -0.15) is 5.26 Å². The molecule has 0 aromatic heterocycles. The van der Waals surface area contributed by atoms with E-state index >= 15 is 0 Å². The Labute approximate surface area is 91.0 Å². The zero-order chi connectivity index (χ0) is 12.1. The van der Waals surface area contributed by atoms with Crippen molar-refractivity contribution in [2.75, 3.05) is 27.2 Å². The fourth-order valence-corrected chi connectivity index (χ4v) is 1.58. The maximum atomic E-state index is 10.5. The van der Waals surface area contributed by atoms with Crippen molar-refractivity contribution in [2.24, 2.45) is 5.92 Å². The minimum absolute atomic E-state index is 0.0750. The lowest BCUT2D eigenvalue weighted by Gasteiger charge is -2.31. The summed E-state index contributed by atoms with van der Waals surface area (Å²) in [6.07, 6.45) is 0.616. The summed E-state index contributed by atoms with van der Waals surface area (Å²) < 4.78 is 0.258. The lowest BCUT2D eigenvalue weighted by Crippen LogP contribution is -2.50. The Morgan fingerprint density at radius 2 is 2.13 bits per heavy atom.